The molecule has 1 heterocycles. The van der Waals surface area contributed by atoms with Gasteiger partial charge in [0.2, 0.25) is 0 Å². The molecule has 1 aliphatic rings. The van der Waals surface area contributed by atoms with Gasteiger partial charge in [-0.1, -0.05) is 0 Å². The number of hydrogen-bond donors (Lipinski definition) is 0. The molecule has 0 spiro atoms. The second kappa shape index (κ2) is 5.16. The highest BCUT2D eigenvalue weighted by Gasteiger charge is 1.97. The lowest BCUT2D eigenvalue weighted by molar-refractivity contribution is -0.113. The van der Waals surface area contributed by atoms with Crippen LogP contribution in [0.3, 0.4) is 0 Å². The van der Waals surface area contributed by atoms with Gasteiger partial charge in [0.15, 0.2) is 11.6 Å². The summed E-state index contributed by atoms with van der Waals surface area (Å²) in [6.45, 7) is 0. The van der Waals surface area contributed by atoms with Crippen LogP contribution >= 0.6 is 11.3 Å². The minimum atomic E-state index is -0.121. The number of allylic oxidation sites excluding steroid dienone is 4. The molecule has 0 saturated heterocycles. The van der Waals surface area contributed by atoms with E-state index in [0.717, 1.165) is 0 Å². The van der Waals surface area contributed by atoms with Crippen molar-refractivity contribution in [2.24, 2.45) is 0 Å². The Kier molecular flexibility index (Phi) is 3.78. The summed E-state index contributed by atoms with van der Waals surface area (Å²) < 4.78 is 0. The van der Waals surface area contributed by atoms with Crippen LogP contribution < -0.4 is 0 Å². The molecular formula is C9H7NO2S. The molecule has 0 aliphatic heterocycles. The summed E-state index contributed by atoms with van der Waals surface area (Å²) in [5, 5.41) is 1.93. The summed E-state index contributed by atoms with van der Waals surface area (Å²) in [5.41, 5.74) is 1.79. The van der Waals surface area contributed by atoms with Crippen LogP contribution in [0, 0.1) is 0 Å². The van der Waals surface area contributed by atoms with Gasteiger partial charge in [0, 0.05) is 11.6 Å². The second-order valence-corrected chi connectivity index (χ2v) is 2.90. The van der Waals surface area contributed by atoms with Crippen molar-refractivity contribution in [3.63, 3.8) is 0 Å². The molecule has 1 aliphatic carbocycles. The SMILES string of the molecule is O=C1C=CC(=O)C=C1.c1cscn1. The van der Waals surface area contributed by atoms with E-state index in [1.807, 2.05) is 5.38 Å². The van der Waals surface area contributed by atoms with Crippen molar-refractivity contribution < 1.29 is 9.59 Å². The number of thiazole rings is 1. The highest BCUT2D eigenvalue weighted by atomic mass is 32.1. The third-order valence-electron chi connectivity index (χ3n) is 1.17. The van der Waals surface area contributed by atoms with Gasteiger partial charge in [-0.3, -0.25) is 14.6 Å². The quantitative estimate of drug-likeness (QED) is 0.585. The lowest BCUT2D eigenvalue weighted by Crippen LogP contribution is -1.97. The number of carbonyl (C=O) groups excluding carboxylic acids is 2. The smallest absolute Gasteiger partial charge is 0.178 e. The van der Waals surface area contributed by atoms with E-state index in [0.29, 0.717) is 0 Å². The van der Waals surface area contributed by atoms with Crippen LogP contribution in [0.15, 0.2) is 41.4 Å². The molecule has 4 heteroatoms. The number of ketones is 2. The molecule has 0 amide bonds. The Morgan fingerprint density at radius 2 is 1.54 bits per heavy atom. The molecule has 0 unspecified atom stereocenters. The van der Waals surface area contributed by atoms with Crippen LogP contribution in [-0.4, -0.2) is 16.6 Å². The van der Waals surface area contributed by atoms with Gasteiger partial charge in [0.25, 0.3) is 0 Å². The Labute approximate surface area is 79.4 Å². The standard InChI is InChI=1S/C6H4O2.C3H3NS/c7-5-1-2-6(8)4-3-5;1-2-5-3-4-1/h1-4H;1-3H. The van der Waals surface area contributed by atoms with E-state index in [9.17, 15) is 9.59 Å². The summed E-state index contributed by atoms with van der Waals surface area (Å²) in [6, 6.07) is 0. The van der Waals surface area contributed by atoms with Gasteiger partial charge < -0.3 is 0 Å². The van der Waals surface area contributed by atoms with E-state index >= 15 is 0 Å². The van der Waals surface area contributed by atoms with Crippen molar-refractivity contribution in [3.8, 4) is 0 Å². The Bertz CT molecular complexity index is 283. The highest BCUT2D eigenvalue weighted by Crippen LogP contribution is 1.90. The third kappa shape index (κ3) is 4.12. The van der Waals surface area contributed by atoms with E-state index in [-0.39, 0.29) is 11.6 Å². The number of aromatic nitrogens is 1. The van der Waals surface area contributed by atoms with E-state index in [1.54, 1.807) is 23.0 Å². The average molecular weight is 193 g/mol. The van der Waals surface area contributed by atoms with Gasteiger partial charge in [-0.2, -0.15) is 0 Å². The predicted octanol–water partition coefficient (Wildman–Crippen LogP) is 1.39. The van der Waals surface area contributed by atoms with Crippen molar-refractivity contribution in [2.75, 3.05) is 0 Å². The monoisotopic (exact) mass is 193 g/mol. The molecule has 0 saturated carbocycles. The van der Waals surface area contributed by atoms with Gasteiger partial charge in [0.05, 0.1) is 5.51 Å². The first-order valence-electron chi connectivity index (χ1n) is 3.55. The number of hydrogen-bond acceptors (Lipinski definition) is 4. The van der Waals surface area contributed by atoms with Gasteiger partial charge in [0.1, 0.15) is 0 Å². The van der Waals surface area contributed by atoms with Crippen LogP contribution in [0.5, 0.6) is 0 Å². The van der Waals surface area contributed by atoms with Crippen molar-refractivity contribution in [2.45, 2.75) is 0 Å². The molecule has 0 fully saturated rings. The first-order chi connectivity index (χ1) is 6.29. The number of nitrogens with zero attached hydrogens (tertiary/aromatic N) is 1. The van der Waals surface area contributed by atoms with Crippen LogP contribution in [0.25, 0.3) is 0 Å². The minimum absolute atomic E-state index is 0.121. The fourth-order valence-corrected chi connectivity index (χ4v) is 0.967. The predicted molar refractivity (Wildman–Crippen MR) is 50.4 cm³/mol. The summed E-state index contributed by atoms with van der Waals surface area (Å²) in [7, 11) is 0. The number of rotatable bonds is 0. The lowest BCUT2D eigenvalue weighted by atomic mass is 10.2. The minimum Gasteiger partial charge on any atom is -0.290 e. The van der Waals surface area contributed by atoms with Gasteiger partial charge in [-0.25, -0.2) is 0 Å². The normalized spacial score (nSPS) is 13.8. The van der Waals surface area contributed by atoms with Gasteiger partial charge in [-0.15, -0.1) is 11.3 Å². The molecule has 1 aromatic heterocycles. The summed E-state index contributed by atoms with van der Waals surface area (Å²) in [6.07, 6.45) is 6.78. The Balaban J connectivity index is 0.000000145. The van der Waals surface area contributed by atoms with Crippen molar-refractivity contribution in [3.05, 3.63) is 41.4 Å². The van der Waals surface area contributed by atoms with Crippen molar-refractivity contribution in [1.82, 2.24) is 4.98 Å². The molecule has 0 radical (unpaired) electrons. The third-order valence-corrected chi connectivity index (χ3v) is 1.69. The largest absolute Gasteiger partial charge is 0.290 e. The lowest BCUT2D eigenvalue weighted by Gasteiger charge is -1.87. The highest BCUT2D eigenvalue weighted by molar-refractivity contribution is 7.07. The molecule has 2 rings (SSSR count). The first-order valence-corrected chi connectivity index (χ1v) is 4.49. The molecule has 13 heavy (non-hydrogen) atoms. The fraction of sp³-hybridized carbons (Fsp3) is 0. The van der Waals surface area contributed by atoms with E-state index in [2.05, 4.69) is 4.98 Å². The van der Waals surface area contributed by atoms with E-state index < -0.39 is 0 Å². The van der Waals surface area contributed by atoms with Crippen molar-refractivity contribution >= 4 is 22.9 Å². The average Bonchev–Trinajstić information content (AvgIpc) is 2.68. The zero-order valence-electron chi connectivity index (χ0n) is 6.71. The van der Waals surface area contributed by atoms with Crippen LogP contribution in [-0.2, 0) is 9.59 Å². The van der Waals surface area contributed by atoms with E-state index in [1.165, 1.54) is 24.3 Å². The second-order valence-electron chi connectivity index (χ2n) is 2.15. The molecule has 0 aromatic carbocycles. The van der Waals surface area contributed by atoms with Crippen molar-refractivity contribution in [1.29, 1.82) is 0 Å². The Hall–Kier alpha value is -1.55. The molecular weight excluding hydrogens is 186 g/mol. The van der Waals surface area contributed by atoms with E-state index in [4.69, 9.17) is 0 Å². The maximum Gasteiger partial charge on any atom is 0.178 e. The zero-order chi connectivity index (χ0) is 9.52. The topological polar surface area (TPSA) is 47.0 Å². The molecule has 3 nitrogen and oxygen atoms in total. The van der Waals surface area contributed by atoms with Gasteiger partial charge >= 0.3 is 0 Å². The maximum absolute atomic E-state index is 10.3. The summed E-state index contributed by atoms with van der Waals surface area (Å²) >= 11 is 1.60. The summed E-state index contributed by atoms with van der Waals surface area (Å²) in [4.78, 5) is 24.3. The first kappa shape index (κ1) is 9.54. The van der Waals surface area contributed by atoms with Gasteiger partial charge in [-0.05, 0) is 24.3 Å². The number of carbonyl (C=O) groups is 2. The molecule has 0 bridgehead atoms. The van der Waals surface area contributed by atoms with Crippen LogP contribution in [0.2, 0.25) is 0 Å². The zero-order valence-corrected chi connectivity index (χ0v) is 7.53. The van der Waals surface area contributed by atoms with Crippen LogP contribution in [0.1, 0.15) is 0 Å². The Morgan fingerprint density at radius 1 is 1.00 bits per heavy atom. The fourth-order valence-electron chi connectivity index (χ4n) is 0.615. The Morgan fingerprint density at radius 3 is 1.77 bits per heavy atom. The maximum atomic E-state index is 10.3. The molecule has 66 valence electrons. The molecule has 0 N–H and O–H groups in total. The summed E-state index contributed by atoms with van der Waals surface area (Å²) in [5.74, 6) is -0.241. The molecule has 1 aromatic rings. The van der Waals surface area contributed by atoms with Crippen LogP contribution in [0.4, 0.5) is 0 Å². The molecule has 0 atom stereocenters.